The van der Waals surface area contributed by atoms with Crippen molar-refractivity contribution in [2.24, 2.45) is 11.7 Å². The molecule has 148 valence electrons. The van der Waals surface area contributed by atoms with E-state index in [4.69, 9.17) is 5.73 Å². The summed E-state index contributed by atoms with van der Waals surface area (Å²) in [6.07, 6.45) is 7.60. The molecular formula is C20H26N6O2. The molecule has 28 heavy (non-hydrogen) atoms. The lowest BCUT2D eigenvalue weighted by atomic mass is 10.0. The van der Waals surface area contributed by atoms with Gasteiger partial charge in [0.1, 0.15) is 0 Å². The highest BCUT2D eigenvalue weighted by Crippen LogP contribution is 2.25. The highest BCUT2D eigenvalue weighted by atomic mass is 16.2. The Balaban J connectivity index is 1.31. The minimum atomic E-state index is -0.599. The minimum absolute atomic E-state index is 0.0537. The van der Waals surface area contributed by atoms with Gasteiger partial charge in [0, 0.05) is 26.1 Å². The molecule has 0 saturated carbocycles. The van der Waals surface area contributed by atoms with Crippen molar-refractivity contribution in [1.29, 1.82) is 0 Å². The molecule has 1 aliphatic carbocycles. The fourth-order valence-corrected chi connectivity index (χ4v) is 4.19. The average molecular weight is 382 g/mol. The molecule has 8 nitrogen and oxygen atoms in total. The van der Waals surface area contributed by atoms with E-state index in [9.17, 15) is 9.59 Å². The molecule has 3 amide bonds. The zero-order valence-electron chi connectivity index (χ0n) is 15.9. The van der Waals surface area contributed by atoms with Crippen molar-refractivity contribution in [2.75, 3.05) is 19.6 Å². The predicted octanol–water partition coefficient (Wildman–Crippen LogP) is 1.21. The smallest absolute Gasteiger partial charge is 0.312 e. The molecule has 1 aliphatic heterocycles. The number of rotatable bonds is 6. The maximum atomic E-state index is 12.2. The molecule has 0 radical (unpaired) electrons. The van der Waals surface area contributed by atoms with E-state index in [1.54, 1.807) is 0 Å². The lowest BCUT2D eigenvalue weighted by Crippen LogP contribution is -2.35. The number of amides is 3. The molecular weight excluding hydrogens is 356 g/mol. The van der Waals surface area contributed by atoms with Crippen LogP contribution in [0.5, 0.6) is 0 Å². The van der Waals surface area contributed by atoms with E-state index in [1.165, 1.54) is 24.0 Å². The van der Waals surface area contributed by atoms with Gasteiger partial charge in [0.2, 0.25) is 5.91 Å². The highest BCUT2D eigenvalue weighted by molar-refractivity contribution is 5.78. The van der Waals surface area contributed by atoms with Gasteiger partial charge in [0.05, 0.1) is 17.6 Å². The van der Waals surface area contributed by atoms with Gasteiger partial charge in [-0.15, -0.1) is 5.10 Å². The number of nitrogens with two attached hydrogens (primary N) is 1. The number of fused-ring (bicyclic) bond motifs is 1. The van der Waals surface area contributed by atoms with Crippen LogP contribution in [0.2, 0.25) is 0 Å². The molecule has 2 aromatic rings. The van der Waals surface area contributed by atoms with Crippen LogP contribution in [-0.2, 0) is 24.1 Å². The summed E-state index contributed by atoms with van der Waals surface area (Å²) in [5, 5.41) is 11.1. The Morgan fingerprint density at radius 2 is 2.11 bits per heavy atom. The number of nitrogens with zero attached hydrogens (tertiary/aromatic N) is 4. The fourth-order valence-electron chi connectivity index (χ4n) is 4.19. The van der Waals surface area contributed by atoms with E-state index in [2.05, 4.69) is 33.8 Å². The van der Waals surface area contributed by atoms with Crippen LogP contribution in [0.25, 0.3) is 5.69 Å². The van der Waals surface area contributed by atoms with E-state index in [-0.39, 0.29) is 18.9 Å². The topological polar surface area (TPSA) is 106 Å². The third-order valence-electron chi connectivity index (χ3n) is 5.66. The van der Waals surface area contributed by atoms with Gasteiger partial charge in [0.25, 0.3) is 0 Å². The predicted molar refractivity (Wildman–Crippen MR) is 104 cm³/mol. The standard InChI is InChI=1S/C20H26N6O2/c21-20(28)22-8-6-19(27)25-9-7-14(12-25)10-17-13-26(24-23-17)18-5-4-15-2-1-3-16(15)11-18/h4-5,11,13-14H,1-3,6-10,12H2,(H3,21,22,28). The van der Waals surface area contributed by atoms with Crippen LogP contribution >= 0.6 is 0 Å². The largest absolute Gasteiger partial charge is 0.352 e. The number of carbonyl (C=O) groups is 2. The molecule has 1 aromatic heterocycles. The van der Waals surface area contributed by atoms with E-state index < -0.39 is 6.03 Å². The van der Waals surface area contributed by atoms with Crippen LogP contribution in [0.4, 0.5) is 4.79 Å². The Morgan fingerprint density at radius 1 is 1.25 bits per heavy atom. The number of aromatic nitrogens is 3. The number of nitrogens with one attached hydrogen (secondary N) is 1. The third-order valence-corrected chi connectivity index (χ3v) is 5.66. The number of primary amides is 1. The normalized spacial score (nSPS) is 18.3. The second kappa shape index (κ2) is 8.00. The summed E-state index contributed by atoms with van der Waals surface area (Å²) in [5.74, 6) is 0.441. The number of urea groups is 1. The Labute approximate surface area is 164 Å². The first kappa shape index (κ1) is 18.5. The molecule has 4 rings (SSSR count). The zero-order chi connectivity index (χ0) is 19.5. The van der Waals surface area contributed by atoms with Crippen LogP contribution in [0.1, 0.15) is 36.1 Å². The quantitative estimate of drug-likeness (QED) is 0.783. The van der Waals surface area contributed by atoms with Crippen molar-refractivity contribution < 1.29 is 9.59 Å². The van der Waals surface area contributed by atoms with Gasteiger partial charge in [-0.25, -0.2) is 9.48 Å². The summed E-state index contributed by atoms with van der Waals surface area (Å²) in [5.41, 5.74) is 9.91. The van der Waals surface area contributed by atoms with Gasteiger partial charge in [-0.05, 0) is 61.3 Å². The molecule has 0 spiro atoms. The van der Waals surface area contributed by atoms with Crippen molar-refractivity contribution in [3.05, 3.63) is 41.2 Å². The van der Waals surface area contributed by atoms with Crippen molar-refractivity contribution in [1.82, 2.24) is 25.2 Å². The molecule has 3 N–H and O–H groups in total. The number of hydrogen-bond donors (Lipinski definition) is 2. The lowest BCUT2D eigenvalue weighted by Gasteiger charge is -2.16. The average Bonchev–Trinajstić information content (AvgIpc) is 3.41. The Morgan fingerprint density at radius 3 is 2.96 bits per heavy atom. The number of aryl methyl sites for hydroxylation is 2. The molecule has 1 fully saturated rings. The Kier molecular flexibility index (Phi) is 5.27. The second-order valence-corrected chi connectivity index (χ2v) is 7.70. The summed E-state index contributed by atoms with van der Waals surface area (Å²) in [7, 11) is 0. The number of carbonyl (C=O) groups excluding carboxylic acids is 2. The molecule has 1 saturated heterocycles. The Hall–Kier alpha value is -2.90. The van der Waals surface area contributed by atoms with Crippen LogP contribution in [0.15, 0.2) is 24.4 Å². The Bertz CT molecular complexity index is 877. The van der Waals surface area contributed by atoms with Gasteiger partial charge in [-0.3, -0.25) is 4.79 Å². The molecule has 8 heteroatoms. The summed E-state index contributed by atoms with van der Waals surface area (Å²) in [6, 6.07) is 5.93. The monoisotopic (exact) mass is 382 g/mol. The van der Waals surface area contributed by atoms with E-state index in [0.29, 0.717) is 5.92 Å². The van der Waals surface area contributed by atoms with Gasteiger partial charge in [0.15, 0.2) is 0 Å². The first-order chi connectivity index (χ1) is 13.6. The molecule has 2 aliphatic rings. The fraction of sp³-hybridized carbons (Fsp3) is 0.500. The lowest BCUT2D eigenvalue weighted by molar-refractivity contribution is -0.130. The summed E-state index contributed by atoms with van der Waals surface area (Å²) in [6.45, 7) is 1.75. The maximum Gasteiger partial charge on any atom is 0.312 e. The summed E-state index contributed by atoms with van der Waals surface area (Å²) in [4.78, 5) is 24.8. The van der Waals surface area contributed by atoms with Gasteiger partial charge in [-0.1, -0.05) is 11.3 Å². The van der Waals surface area contributed by atoms with Crippen molar-refractivity contribution in [2.45, 2.75) is 38.5 Å². The zero-order valence-corrected chi connectivity index (χ0v) is 15.9. The van der Waals surface area contributed by atoms with Crippen molar-refractivity contribution >= 4 is 11.9 Å². The summed E-state index contributed by atoms with van der Waals surface area (Å²) >= 11 is 0. The molecule has 1 aromatic carbocycles. The highest BCUT2D eigenvalue weighted by Gasteiger charge is 2.26. The first-order valence-electron chi connectivity index (χ1n) is 9.93. The van der Waals surface area contributed by atoms with Crippen LogP contribution in [-0.4, -0.2) is 51.5 Å². The number of likely N-dealkylation sites (tertiary alicyclic amines) is 1. The van der Waals surface area contributed by atoms with E-state index >= 15 is 0 Å². The van der Waals surface area contributed by atoms with Crippen LogP contribution < -0.4 is 11.1 Å². The molecule has 0 bridgehead atoms. The summed E-state index contributed by atoms with van der Waals surface area (Å²) < 4.78 is 1.85. The van der Waals surface area contributed by atoms with Crippen molar-refractivity contribution in [3.8, 4) is 5.69 Å². The first-order valence-corrected chi connectivity index (χ1v) is 9.93. The van der Waals surface area contributed by atoms with Gasteiger partial charge < -0.3 is 16.0 Å². The van der Waals surface area contributed by atoms with Crippen molar-refractivity contribution in [3.63, 3.8) is 0 Å². The molecule has 1 unspecified atom stereocenters. The van der Waals surface area contributed by atoms with Gasteiger partial charge in [-0.2, -0.15) is 0 Å². The van der Waals surface area contributed by atoms with Crippen LogP contribution in [0.3, 0.4) is 0 Å². The molecule has 1 atom stereocenters. The number of hydrogen-bond acceptors (Lipinski definition) is 4. The third kappa shape index (κ3) is 4.16. The van der Waals surface area contributed by atoms with E-state index in [0.717, 1.165) is 43.7 Å². The van der Waals surface area contributed by atoms with E-state index in [1.807, 2.05) is 15.8 Å². The second-order valence-electron chi connectivity index (χ2n) is 7.70. The molecule has 2 heterocycles. The van der Waals surface area contributed by atoms with Gasteiger partial charge >= 0.3 is 6.03 Å². The van der Waals surface area contributed by atoms with Crippen LogP contribution in [0, 0.1) is 5.92 Å². The maximum absolute atomic E-state index is 12.2. The minimum Gasteiger partial charge on any atom is -0.352 e. The SMILES string of the molecule is NC(=O)NCCC(=O)N1CCC(Cc2cn(-c3ccc4c(c3)CCC4)nn2)C1. The number of benzene rings is 1.